The van der Waals surface area contributed by atoms with Crippen LogP contribution in [0, 0.1) is 10.1 Å². The van der Waals surface area contributed by atoms with Gasteiger partial charge < -0.3 is 15.2 Å². The van der Waals surface area contributed by atoms with Crippen molar-refractivity contribution in [3.05, 3.63) is 32.8 Å². The van der Waals surface area contributed by atoms with Crippen molar-refractivity contribution in [2.45, 2.75) is 44.1 Å². The molecule has 24 heavy (non-hydrogen) atoms. The van der Waals surface area contributed by atoms with Crippen LogP contribution in [0.3, 0.4) is 0 Å². The lowest BCUT2D eigenvalue weighted by Crippen LogP contribution is -2.36. The molecule has 1 aliphatic carbocycles. The molecule has 1 aliphatic rings. The Morgan fingerprint density at radius 3 is 2.54 bits per heavy atom. The number of hydrogen-bond acceptors (Lipinski definition) is 6. The summed E-state index contributed by atoms with van der Waals surface area (Å²) >= 11 is 6.04. The van der Waals surface area contributed by atoms with E-state index >= 15 is 0 Å². The number of aliphatic hydroxyl groups is 1. The minimum Gasteiger partial charge on any atom is -0.465 e. The van der Waals surface area contributed by atoms with E-state index in [1.807, 2.05) is 0 Å². The van der Waals surface area contributed by atoms with E-state index in [1.165, 1.54) is 13.2 Å². The molecule has 1 saturated carbocycles. The first-order valence-electron chi connectivity index (χ1n) is 7.89. The Bertz CT molecular complexity index is 627. The number of hydrogen-bond donors (Lipinski definition) is 2. The van der Waals surface area contributed by atoms with Crippen LogP contribution in [0.15, 0.2) is 12.1 Å². The quantitative estimate of drug-likeness (QED) is 0.362. The number of nitro groups is 1. The molecule has 7 nitrogen and oxygen atoms in total. The number of esters is 1. The van der Waals surface area contributed by atoms with Gasteiger partial charge in [-0.15, -0.1) is 0 Å². The molecule has 0 radical (unpaired) electrons. The lowest BCUT2D eigenvalue weighted by molar-refractivity contribution is -0.384. The van der Waals surface area contributed by atoms with Crippen molar-refractivity contribution >= 4 is 28.9 Å². The van der Waals surface area contributed by atoms with Crippen molar-refractivity contribution in [2.24, 2.45) is 0 Å². The van der Waals surface area contributed by atoms with Crippen LogP contribution in [-0.2, 0) is 4.74 Å². The minimum atomic E-state index is -0.891. The van der Waals surface area contributed by atoms with E-state index < -0.39 is 16.5 Å². The number of nitrogens with one attached hydrogen (secondary N) is 1. The summed E-state index contributed by atoms with van der Waals surface area (Å²) in [6.07, 6.45) is 5.35. The number of rotatable bonds is 5. The maximum absolute atomic E-state index is 11.6. The molecule has 1 aromatic carbocycles. The van der Waals surface area contributed by atoms with E-state index in [0.717, 1.165) is 31.7 Å². The molecule has 1 aromatic rings. The molecule has 0 unspecified atom stereocenters. The molecule has 132 valence electrons. The van der Waals surface area contributed by atoms with E-state index in [0.29, 0.717) is 12.8 Å². The summed E-state index contributed by atoms with van der Waals surface area (Å²) in [7, 11) is 1.18. The van der Waals surface area contributed by atoms with Crippen molar-refractivity contribution in [3.8, 4) is 0 Å². The maximum atomic E-state index is 11.6. The molecule has 0 saturated heterocycles. The third-order valence-electron chi connectivity index (χ3n) is 4.33. The van der Waals surface area contributed by atoms with Gasteiger partial charge in [0.1, 0.15) is 5.69 Å². The largest absolute Gasteiger partial charge is 0.465 e. The number of anilines is 1. The van der Waals surface area contributed by atoms with Crippen LogP contribution < -0.4 is 5.32 Å². The van der Waals surface area contributed by atoms with E-state index in [2.05, 4.69) is 10.1 Å². The number of nitro benzene ring substituents is 1. The summed E-state index contributed by atoms with van der Waals surface area (Å²) in [5.74, 6) is -0.739. The number of ether oxygens (including phenoxy) is 1. The van der Waals surface area contributed by atoms with E-state index in [1.54, 1.807) is 0 Å². The monoisotopic (exact) mass is 356 g/mol. The van der Waals surface area contributed by atoms with Gasteiger partial charge in [0.25, 0.3) is 5.69 Å². The minimum absolute atomic E-state index is 0.0582. The predicted molar refractivity (Wildman–Crippen MR) is 90.6 cm³/mol. The molecule has 0 bridgehead atoms. The first kappa shape index (κ1) is 18.5. The van der Waals surface area contributed by atoms with Crippen molar-refractivity contribution in [1.82, 2.24) is 0 Å². The van der Waals surface area contributed by atoms with Crippen molar-refractivity contribution in [1.29, 1.82) is 0 Å². The van der Waals surface area contributed by atoms with Gasteiger partial charge in [0.05, 0.1) is 28.2 Å². The average molecular weight is 357 g/mol. The highest BCUT2D eigenvalue weighted by Crippen LogP contribution is 2.33. The van der Waals surface area contributed by atoms with Gasteiger partial charge in [0.15, 0.2) is 0 Å². The van der Waals surface area contributed by atoms with Gasteiger partial charge in [-0.3, -0.25) is 10.1 Å². The first-order chi connectivity index (χ1) is 11.4. The topological polar surface area (TPSA) is 102 Å². The normalized spacial score (nSPS) is 17.0. The smallest absolute Gasteiger partial charge is 0.339 e. The fourth-order valence-corrected chi connectivity index (χ4v) is 3.18. The second-order valence-corrected chi connectivity index (χ2v) is 6.50. The number of carbonyl (C=O) groups is 1. The Kier molecular flexibility index (Phi) is 6.01. The lowest BCUT2D eigenvalue weighted by atomic mass is 9.94. The van der Waals surface area contributed by atoms with Crippen LogP contribution in [0.4, 0.5) is 11.4 Å². The van der Waals surface area contributed by atoms with Crippen molar-refractivity contribution in [3.63, 3.8) is 0 Å². The second-order valence-electron chi connectivity index (χ2n) is 6.09. The Morgan fingerprint density at radius 2 is 2.00 bits per heavy atom. The Balaban J connectivity index is 2.24. The molecule has 0 aromatic heterocycles. The summed E-state index contributed by atoms with van der Waals surface area (Å²) in [6.45, 7) is 0.196. The van der Waals surface area contributed by atoms with Gasteiger partial charge in [-0.1, -0.05) is 37.3 Å². The van der Waals surface area contributed by atoms with E-state index in [4.69, 9.17) is 11.6 Å². The fourth-order valence-electron chi connectivity index (χ4n) is 2.94. The number of methoxy groups -OCH3 is 1. The van der Waals surface area contributed by atoms with E-state index in [-0.39, 0.29) is 28.5 Å². The Labute approximate surface area is 145 Å². The number of nitrogens with zero attached hydrogens (tertiary/aromatic N) is 1. The molecule has 2 rings (SSSR count). The number of benzene rings is 1. The standard InChI is InChI=1S/C16H21ClN2O5/c1-24-15(20)11-8-14(19(22)23)13(9-12(11)17)18-10-16(21)6-4-2-3-5-7-16/h8-9,18,21H,2-7,10H2,1H3. The Morgan fingerprint density at radius 1 is 1.38 bits per heavy atom. The van der Waals surface area contributed by atoms with Crippen LogP contribution in [0.25, 0.3) is 0 Å². The lowest BCUT2D eigenvalue weighted by Gasteiger charge is -2.27. The van der Waals surface area contributed by atoms with Gasteiger partial charge in [-0.25, -0.2) is 4.79 Å². The Hall–Kier alpha value is -1.86. The highest BCUT2D eigenvalue weighted by Gasteiger charge is 2.29. The number of halogens is 1. The molecular formula is C16H21ClN2O5. The highest BCUT2D eigenvalue weighted by atomic mass is 35.5. The van der Waals surface area contributed by atoms with Gasteiger partial charge in [0.2, 0.25) is 0 Å². The van der Waals surface area contributed by atoms with Gasteiger partial charge in [-0.05, 0) is 18.9 Å². The summed E-state index contributed by atoms with van der Waals surface area (Å²) in [5, 5.41) is 24.9. The third kappa shape index (κ3) is 4.36. The first-order valence-corrected chi connectivity index (χ1v) is 8.26. The molecule has 0 spiro atoms. The van der Waals surface area contributed by atoms with Crippen LogP contribution in [0.2, 0.25) is 5.02 Å². The zero-order valence-electron chi connectivity index (χ0n) is 13.5. The SMILES string of the molecule is COC(=O)c1cc([N+](=O)[O-])c(NCC2(O)CCCCCC2)cc1Cl. The van der Waals surface area contributed by atoms with Crippen LogP contribution in [0.1, 0.15) is 48.9 Å². The fraction of sp³-hybridized carbons (Fsp3) is 0.562. The van der Waals surface area contributed by atoms with Gasteiger partial charge in [0, 0.05) is 12.6 Å². The van der Waals surface area contributed by atoms with Crippen molar-refractivity contribution in [2.75, 3.05) is 19.0 Å². The molecule has 2 N–H and O–H groups in total. The maximum Gasteiger partial charge on any atom is 0.339 e. The molecule has 0 aliphatic heterocycles. The number of carbonyl (C=O) groups excluding carboxylic acids is 1. The van der Waals surface area contributed by atoms with E-state index in [9.17, 15) is 20.0 Å². The van der Waals surface area contributed by atoms with Gasteiger partial charge in [-0.2, -0.15) is 0 Å². The summed E-state index contributed by atoms with van der Waals surface area (Å²) in [5.41, 5.74) is -1.06. The molecular weight excluding hydrogens is 336 g/mol. The molecule has 0 amide bonds. The van der Waals surface area contributed by atoms with Crippen LogP contribution in [-0.4, -0.2) is 35.3 Å². The average Bonchev–Trinajstić information content (AvgIpc) is 2.77. The molecule has 1 fully saturated rings. The molecule has 8 heteroatoms. The van der Waals surface area contributed by atoms with Crippen LogP contribution >= 0.6 is 11.6 Å². The van der Waals surface area contributed by atoms with Crippen molar-refractivity contribution < 1.29 is 19.6 Å². The molecule has 0 heterocycles. The zero-order chi connectivity index (χ0) is 17.7. The third-order valence-corrected chi connectivity index (χ3v) is 4.64. The van der Waals surface area contributed by atoms with Crippen LogP contribution in [0.5, 0.6) is 0 Å². The summed E-state index contributed by atoms with van der Waals surface area (Å²) in [4.78, 5) is 22.3. The zero-order valence-corrected chi connectivity index (χ0v) is 14.3. The van der Waals surface area contributed by atoms with Gasteiger partial charge >= 0.3 is 5.97 Å². The summed E-state index contributed by atoms with van der Waals surface area (Å²) < 4.78 is 4.57. The predicted octanol–water partition coefficient (Wildman–Crippen LogP) is 3.53. The highest BCUT2D eigenvalue weighted by molar-refractivity contribution is 6.34. The second kappa shape index (κ2) is 7.81. The summed E-state index contributed by atoms with van der Waals surface area (Å²) in [6, 6.07) is 2.42. The molecule has 0 atom stereocenters.